The van der Waals surface area contributed by atoms with Gasteiger partial charge in [0, 0.05) is 18.7 Å². The van der Waals surface area contributed by atoms with E-state index in [0.29, 0.717) is 17.4 Å². The maximum atomic E-state index is 12.6. The second-order valence-electron chi connectivity index (χ2n) is 11.3. The summed E-state index contributed by atoms with van der Waals surface area (Å²) in [6.07, 6.45) is 7.85. The van der Waals surface area contributed by atoms with E-state index in [-0.39, 0.29) is 37.1 Å². The van der Waals surface area contributed by atoms with Crippen LogP contribution in [0.2, 0.25) is 0 Å². The molecule has 4 rings (SSSR count). The van der Waals surface area contributed by atoms with Crippen LogP contribution in [-0.4, -0.2) is 45.2 Å². The molecule has 0 aliphatic carbocycles. The Morgan fingerprint density at radius 2 is 1.45 bits per heavy atom. The highest BCUT2D eigenvalue weighted by Crippen LogP contribution is 2.19. The summed E-state index contributed by atoms with van der Waals surface area (Å²) in [6.45, 7) is 3.43. The third kappa shape index (κ3) is 11.6. The Kier molecular flexibility index (Phi) is 11.6. The van der Waals surface area contributed by atoms with Crippen molar-refractivity contribution in [3.05, 3.63) is 100.0 Å². The van der Waals surface area contributed by atoms with Crippen molar-refractivity contribution in [3.63, 3.8) is 0 Å². The van der Waals surface area contributed by atoms with Crippen LogP contribution in [0.1, 0.15) is 54.8 Å². The van der Waals surface area contributed by atoms with Gasteiger partial charge in [0.2, 0.25) is 22.9 Å². The van der Waals surface area contributed by atoms with Gasteiger partial charge in [-0.25, -0.2) is 0 Å². The number of hydrogen-bond donors (Lipinski definition) is 6. The standard InChI is InChI=1S/C32H39N7O4S/c1-32(2,43)21-33-27(40)19-23-11-8-12-24(17-23)20-29(42)35-31-39-38-30(44-31)14-7-6-13-25-15-16-26(37-36-25)34-28(41)18-22-9-4-3-5-10-22/h3-5,8-12,15-17,36-37,43H,6-7,13-14,18-21H2,1-2H3,(H,33,40)(H,34,41)(H,35,39,42). The van der Waals surface area contributed by atoms with E-state index < -0.39 is 5.60 Å². The maximum Gasteiger partial charge on any atom is 0.230 e. The number of nitrogens with one attached hydrogen (secondary N) is 5. The van der Waals surface area contributed by atoms with Gasteiger partial charge in [-0.15, -0.1) is 10.2 Å². The van der Waals surface area contributed by atoms with E-state index >= 15 is 0 Å². The first-order valence-corrected chi connectivity index (χ1v) is 15.4. The minimum absolute atomic E-state index is 0.0866. The highest BCUT2D eigenvalue weighted by atomic mass is 32.1. The number of hydrogen-bond acceptors (Lipinski definition) is 9. The van der Waals surface area contributed by atoms with Crippen molar-refractivity contribution in [2.45, 2.75) is 64.4 Å². The van der Waals surface area contributed by atoms with Crippen molar-refractivity contribution in [1.29, 1.82) is 0 Å². The summed E-state index contributed by atoms with van der Waals surface area (Å²) in [5.74, 6) is 0.126. The third-order valence-corrected chi connectivity index (χ3v) is 7.43. The second-order valence-corrected chi connectivity index (χ2v) is 12.3. The molecule has 1 aliphatic heterocycles. The molecule has 232 valence electrons. The Labute approximate surface area is 261 Å². The largest absolute Gasteiger partial charge is 0.389 e. The van der Waals surface area contributed by atoms with Crippen LogP contribution in [0.3, 0.4) is 0 Å². The van der Waals surface area contributed by atoms with Gasteiger partial charge in [0.15, 0.2) is 0 Å². The van der Waals surface area contributed by atoms with Gasteiger partial charge in [-0.3, -0.25) is 19.8 Å². The molecule has 0 radical (unpaired) electrons. The molecule has 0 unspecified atom stereocenters. The Hall–Kier alpha value is -4.55. The topological polar surface area (TPSA) is 157 Å². The molecule has 0 bridgehead atoms. The number of anilines is 1. The summed E-state index contributed by atoms with van der Waals surface area (Å²) < 4.78 is 0. The molecule has 3 amide bonds. The number of aromatic nitrogens is 2. The van der Waals surface area contributed by atoms with Gasteiger partial charge in [0.1, 0.15) is 10.8 Å². The van der Waals surface area contributed by atoms with E-state index in [0.717, 1.165) is 53.1 Å². The Morgan fingerprint density at radius 3 is 2.16 bits per heavy atom. The van der Waals surface area contributed by atoms with Crippen LogP contribution < -0.4 is 26.8 Å². The lowest BCUT2D eigenvalue weighted by molar-refractivity contribution is -0.121. The van der Waals surface area contributed by atoms with Crippen molar-refractivity contribution in [3.8, 4) is 0 Å². The zero-order chi connectivity index (χ0) is 31.4. The Bertz CT molecular complexity index is 1500. The molecule has 0 saturated heterocycles. The third-order valence-electron chi connectivity index (χ3n) is 6.53. The second kappa shape index (κ2) is 15.8. The first kappa shape index (κ1) is 32.4. The summed E-state index contributed by atoms with van der Waals surface area (Å²) >= 11 is 1.36. The average molecular weight is 618 g/mol. The van der Waals surface area contributed by atoms with E-state index in [1.54, 1.807) is 13.8 Å². The van der Waals surface area contributed by atoms with E-state index in [2.05, 4.69) is 37.0 Å². The number of unbranched alkanes of at least 4 members (excludes halogenated alkanes) is 1. The van der Waals surface area contributed by atoms with Crippen molar-refractivity contribution < 1.29 is 19.5 Å². The number of carbonyl (C=O) groups is 3. The molecule has 11 nitrogen and oxygen atoms in total. The summed E-state index contributed by atoms with van der Waals surface area (Å²) in [4.78, 5) is 37.0. The van der Waals surface area contributed by atoms with Gasteiger partial charge in [0.05, 0.1) is 24.9 Å². The fourth-order valence-electron chi connectivity index (χ4n) is 4.37. The van der Waals surface area contributed by atoms with Gasteiger partial charge >= 0.3 is 0 Å². The molecule has 0 saturated carbocycles. The van der Waals surface area contributed by atoms with Crippen LogP contribution in [0.4, 0.5) is 5.13 Å². The lowest BCUT2D eigenvalue weighted by Crippen LogP contribution is -2.41. The maximum absolute atomic E-state index is 12.6. The molecule has 44 heavy (non-hydrogen) atoms. The predicted molar refractivity (Wildman–Crippen MR) is 170 cm³/mol. The van der Waals surface area contributed by atoms with Gasteiger partial charge in [0.25, 0.3) is 0 Å². The fourth-order valence-corrected chi connectivity index (χ4v) is 5.17. The smallest absolute Gasteiger partial charge is 0.230 e. The highest BCUT2D eigenvalue weighted by Gasteiger charge is 2.15. The van der Waals surface area contributed by atoms with Crippen molar-refractivity contribution in [1.82, 2.24) is 31.7 Å². The Morgan fingerprint density at radius 1 is 0.795 bits per heavy atom. The first-order chi connectivity index (χ1) is 21.1. The Balaban J connectivity index is 1.14. The van der Waals surface area contributed by atoms with Crippen LogP contribution in [0.5, 0.6) is 0 Å². The van der Waals surface area contributed by atoms with Crippen LogP contribution >= 0.6 is 11.3 Å². The van der Waals surface area contributed by atoms with E-state index in [1.807, 2.05) is 66.7 Å². The molecule has 0 atom stereocenters. The number of hydrazine groups is 1. The molecule has 3 aromatic rings. The quantitative estimate of drug-likeness (QED) is 0.142. The first-order valence-electron chi connectivity index (χ1n) is 14.6. The van der Waals surface area contributed by atoms with Crippen molar-refractivity contribution in [2.24, 2.45) is 0 Å². The van der Waals surface area contributed by atoms with E-state index in [1.165, 1.54) is 11.3 Å². The van der Waals surface area contributed by atoms with Gasteiger partial charge < -0.3 is 26.5 Å². The van der Waals surface area contributed by atoms with Gasteiger partial charge in [-0.2, -0.15) is 0 Å². The lowest BCUT2D eigenvalue weighted by atomic mass is 10.0. The van der Waals surface area contributed by atoms with Gasteiger partial charge in [-0.1, -0.05) is 65.9 Å². The number of rotatable bonds is 15. The number of aliphatic hydroxyl groups is 1. The summed E-state index contributed by atoms with van der Waals surface area (Å²) in [5.41, 5.74) is 8.75. The fraction of sp³-hybridized carbons (Fsp3) is 0.344. The number of benzene rings is 2. The zero-order valence-corrected chi connectivity index (χ0v) is 25.8. The summed E-state index contributed by atoms with van der Waals surface area (Å²) in [5, 5.41) is 27.8. The van der Waals surface area contributed by atoms with Crippen LogP contribution in [-0.2, 0) is 40.1 Å². The summed E-state index contributed by atoms with van der Waals surface area (Å²) in [7, 11) is 0. The van der Waals surface area contributed by atoms with E-state index in [9.17, 15) is 19.5 Å². The highest BCUT2D eigenvalue weighted by molar-refractivity contribution is 7.15. The minimum Gasteiger partial charge on any atom is -0.389 e. The number of allylic oxidation sites excluding steroid dienone is 3. The normalized spacial score (nSPS) is 12.7. The molecule has 1 aliphatic rings. The van der Waals surface area contributed by atoms with Crippen LogP contribution in [0.15, 0.2) is 78.3 Å². The number of carbonyl (C=O) groups excluding carboxylic acids is 3. The molecule has 6 N–H and O–H groups in total. The molecule has 1 aromatic heterocycles. The lowest BCUT2D eigenvalue weighted by Gasteiger charge is -2.20. The van der Waals surface area contributed by atoms with Crippen LogP contribution in [0, 0.1) is 0 Å². The number of amides is 3. The molecular formula is C32H39N7O4S. The molecule has 0 spiro atoms. The molecule has 2 heterocycles. The molecular weight excluding hydrogens is 578 g/mol. The minimum atomic E-state index is -0.976. The van der Waals surface area contributed by atoms with Crippen LogP contribution in [0.25, 0.3) is 0 Å². The average Bonchev–Trinajstić information content (AvgIpc) is 3.42. The number of aryl methyl sites for hydroxylation is 1. The SMILES string of the molecule is CC(C)(O)CNC(=O)Cc1cccc(CC(=O)Nc2nnc(CCCCC3=CC=C(NC(=O)Cc4ccccc4)NN3)s2)c1. The van der Waals surface area contributed by atoms with Gasteiger partial charge in [-0.05, 0) is 62.0 Å². The number of nitrogens with zero attached hydrogens (tertiary/aromatic N) is 2. The van der Waals surface area contributed by atoms with Crippen molar-refractivity contribution in [2.75, 3.05) is 11.9 Å². The zero-order valence-electron chi connectivity index (χ0n) is 25.0. The monoisotopic (exact) mass is 617 g/mol. The molecule has 0 fully saturated rings. The predicted octanol–water partition coefficient (Wildman–Crippen LogP) is 3.05. The molecule has 12 heteroatoms. The summed E-state index contributed by atoms with van der Waals surface area (Å²) in [6, 6.07) is 16.9. The van der Waals surface area contributed by atoms with E-state index in [4.69, 9.17) is 0 Å². The van der Waals surface area contributed by atoms with Crippen molar-refractivity contribution >= 4 is 34.2 Å². The molecule has 2 aromatic carbocycles.